The van der Waals surface area contributed by atoms with Crippen LogP contribution in [-0.4, -0.2) is 49.5 Å². The molecule has 1 rings (SSSR count). The Morgan fingerprint density at radius 3 is 2.88 bits per heavy atom. The first kappa shape index (κ1) is 13.4. The second-order valence-electron chi connectivity index (χ2n) is 4.12. The fourth-order valence-corrected chi connectivity index (χ4v) is 1.77. The van der Waals surface area contributed by atoms with E-state index in [4.69, 9.17) is 4.74 Å². The molecule has 1 heterocycles. The predicted molar refractivity (Wildman–Crippen MR) is 61.1 cm³/mol. The van der Waals surface area contributed by atoms with Gasteiger partial charge in [0.05, 0.1) is 25.2 Å². The summed E-state index contributed by atoms with van der Waals surface area (Å²) in [6.45, 7) is 6.10. The standard InChI is InChI=1S/C11H22N2O3/c1-3-8(14)5-13-11(15)9-6-16-7-10(9)12-4-2/h8-10,12,14H,3-7H2,1-2H3,(H,13,15). The number of aliphatic hydroxyl groups excluding tert-OH is 1. The Bertz CT molecular complexity index is 223. The molecule has 3 atom stereocenters. The number of carbonyl (C=O) groups is 1. The van der Waals surface area contributed by atoms with Crippen molar-refractivity contribution in [3.05, 3.63) is 0 Å². The number of nitrogens with one attached hydrogen (secondary N) is 2. The maximum atomic E-state index is 11.8. The predicted octanol–water partition coefficient (Wildman–Crippen LogP) is -0.502. The lowest BCUT2D eigenvalue weighted by atomic mass is 10.0. The molecule has 0 aromatic heterocycles. The molecule has 1 aliphatic rings. The van der Waals surface area contributed by atoms with Crippen LogP contribution in [0.3, 0.4) is 0 Å². The number of amides is 1. The van der Waals surface area contributed by atoms with Crippen LogP contribution in [-0.2, 0) is 9.53 Å². The molecule has 3 unspecified atom stereocenters. The minimum atomic E-state index is -0.455. The summed E-state index contributed by atoms with van der Waals surface area (Å²) in [6.07, 6.45) is 0.196. The fraction of sp³-hybridized carbons (Fsp3) is 0.909. The highest BCUT2D eigenvalue weighted by Crippen LogP contribution is 2.13. The fourth-order valence-electron chi connectivity index (χ4n) is 1.77. The van der Waals surface area contributed by atoms with Crippen molar-refractivity contribution in [1.29, 1.82) is 0 Å². The lowest BCUT2D eigenvalue weighted by molar-refractivity contribution is -0.125. The monoisotopic (exact) mass is 230 g/mol. The lowest BCUT2D eigenvalue weighted by Gasteiger charge is -2.18. The third kappa shape index (κ3) is 3.73. The van der Waals surface area contributed by atoms with Gasteiger partial charge in [0.15, 0.2) is 0 Å². The Morgan fingerprint density at radius 1 is 1.50 bits per heavy atom. The Labute approximate surface area is 96.6 Å². The summed E-state index contributed by atoms with van der Waals surface area (Å²) in [7, 11) is 0. The number of rotatable bonds is 6. The largest absolute Gasteiger partial charge is 0.391 e. The van der Waals surface area contributed by atoms with E-state index in [1.807, 2.05) is 13.8 Å². The van der Waals surface area contributed by atoms with Crippen molar-refractivity contribution in [1.82, 2.24) is 10.6 Å². The number of ether oxygens (including phenoxy) is 1. The van der Waals surface area contributed by atoms with E-state index in [9.17, 15) is 9.90 Å². The van der Waals surface area contributed by atoms with E-state index in [0.717, 1.165) is 6.54 Å². The molecule has 0 aromatic carbocycles. The zero-order valence-electron chi connectivity index (χ0n) is 10.0. The van der Waals surface area contributed by atoms with Crippen LogP contribution in [0.2, 0.25) is 0 Å². The van der Waals surface area contributed by atoms with Crippen molar-refractivity contribution < 1.29 is 14.6 Å². The second-order valence-corrected chi connectivity index (χ2v) is 4.12. The summed E-state index contributed by atoms with van der Waals surface area (Å²) in [6, 6.07) is 0.101. The molecule has 0 radical (unpaired) electrons. The van der Waals surface area contributed by atoms with Gasteiger partial charge in [-0.3, -0.25) is 4.79 Å². The summed E-state index contributed by atoms with van der Waals surface area (Å²) in [5, 5.41) is 15.3. The summed E-state index contributed by atoms with van der Waals surface area (Å²) < 4.78 is 5.29. The highest BCUT2D eigenvalue weighted by atomic mass is 16.5. The minimum Gasteiger partial charge on any atom is -0.391 e. The Hall–Kier alpha value is -0.650. The number of carbonyl (C=O) groups excluding carboxylic acids is 1. The zero-order chi connectivity index (χ0) is 12.0. The molecule has 1 amide bonds. The maximum absolute atomic E-state index is 11.8. The average molecular weight is 230 g/mol. The van der Waals surface area contributed by atoms with Crippen molar-refractivity contribution in [3.63, 3.8) is 0 Å². The number of aliphatic hydroxyl groups is 1. The van der Waals surface area contributed by atoms with Crippen LogP contribution < -0.4 is 10.6 Å². The molecule has 0 bridgehead atoms. The first-order valence-corrected chi connectivity index (χ1v) is 5.95. The number of hydrogen-bond acceptors (Lipinski definition) is 4. The molecule has 16 heavy (non-hydrogen) atoms. The van der Waals surface area contributed by atoms with E-state index in [2.05, 4.69) is 10.6 Å². The van der Waals surface area contributed by atoms with Gasteiger partial charge in [-0.15, -0.1) is 0 Å². The van der Waals surface area contributed by atoms with E-state index < -0.39 is 6.10 Å². The van der Waals surface area contributed by atoms with E-state index >= 15 is 0 Å². The van der Waals surface area contributed by atoms with Crippen LogP contribution in [0.5, 0.6) is 0 Å². The molecule has 0 saturated carbocycles. The smallest absolute Gasteiger partial charge is 0.227 e. The molecule has 0 aromatic rings. The van der Waals surface area contributed by atoms with Crippen molar-refractivity contribution in [2.24, 2.45) is 5.92 Å². The van der Waals surface area contributed by atoms with Gasteiger partial charge in [-0.2, -0.15) is 0 Å². The third-order valence-corrected chi connectivity index (χ3v) is 2.87. The van der Waals surface area contributed by atoms with Crippen LogP contribution in [0.4, 0.5) is 0 Å². The third-order valence-electron chi connectivity index (χ3n) is 2.87. The van der Waals surface area contributed by atoms with E-state index in [1.165, 1.54) is 0 Å². The van der Waals surface area contributed by atoms with Crippen molar-refractivity contribution in [2.75, 3.05) is 26.3 Å². The Morgan fingerprint density at radius 2 is 2.25 bits per heavy atom. The quantitative estimate of drug-likeness (QED) is 0.575. The van der Waals surface area contributed by atoms with E-state index in [-0.39, 0.29) is 17.9 Å². The van der Waals surface area contributed by atoms with Crippen LogP contribution in [0, 0.1) is 5.92 Å². The average Bonchev–Trinajstić information content (AvgIpc) is 2.74. The highest BCUT2D eigenvalue weighted by Gasteiger charge is 2.33. The van der Waals surface area contributed by atoms with Gasteiger partial charge in [-0.25, -0.2) is 0 Å². The molecule has 0 spiro atoms. The highest BCUT2D eigenvalue weighted by molar-refractivity contribution is 5.79. The van der Waals surface area contributed by atoms with Crippen LogP contribution >= 0.6 is 0 Å². The van der Waals surface area contributed by atoms with E-state index in [1.54, 1.807) is 0 Å². The van der Waals surface area contributed by atoms with Gasteiger partial charge in [-0.05, 0) is 13.0 Å². The summed E-state index contributed by atoms with van der Waals surface area (Å²) in [5.74, 6) is -0.167. The van der Waals surface area contributed by atoms with Crippen molar-refractivity contribution >= 4 is 5.91 Å². The van der Waals surface area contributed by atoms with Gasteiger partial charge in [0, 0.05) is 12.6 Å². The summed E-state index contributed by atoms with van der Waals surface area (Å²) in [5.41, 5.74) is 0. The van der Waals surface area contributed by atoms with Crippen molar-refractivity contribution in [3.8, 4) is 0 Å². The van der Waals surface area contributed by atoms with Crippen LogP contribution in [0.15, 0.2) is 0 Å². The number of likely N-dealkylation sites (N-methyl/N-ethyl adjacent to an activating group) is 1. The molecule has 0 aliphatic carbocycles. The van der Waals surface area contributed by atoms with E-state index in [0.29, 0.717) is 26.2 Å². The van der Waals surface area contributed by atoms with Gasteiger partial charge >= 0.3 is 0 Å². The van der Waals surface area contributed by atoms with Crippen LogP contribution in [0.1, 0.15) is 20.3 Å². The zero-order valence-corrected chi connectivity index (χ0v) is 10.0. The SMILES string of the molecule is CCNC1COCC1C(=O)NCC(O)CC. The van der Waals surface area contributed by atoms with Gasteiger partial charge < -0.3 is 20.5 Å². The summed E-state index contributed by atoms with van der Waals surface area (Å²) >= 11 is 0. The topological polar surface area (TPSA) is 70.6 Å². The molecular weight excluding hydrogens is 208 g/mol. The molecule has 3 N–H and O–H groups in total. The van der Waals surface area contributed by atoms with Crippen molar-refractivity contribution in [2.45, 2.75) is 32.4 Å². The van der Waals surface area contributed by atoms with Gasteiger partial charge in [-0.1, -0.05) is 13.8 Å². The molecule has 94 valence electrons. The molecule has 1 aliphatic heterocycles. The number of hydrogen-bond donors (Lipinski definition) is 3. The molecule has 1 saturated heterocycles. The lowest BCUT2D eigenvalue weighted by Crippen LogP contribution is -2.45. The first-order chi connectivity index (χ1) is 7.69. The van der Waals surface area contributed by atoms with Gasteiger partial charge in [0.1, 0.15) is 0 Å². The maximum Gasteiger partial charge on any atom is 0.227 e. The molecule has 5 nitrogen and oxygen atoms in total. The Kier molecular flexibility index (Phi) is 5.73. The van der Waals surface area contributed by atoms with Gasteiger partial charge in [0.25, 0.3) is 0 Å². The second kappa shape index (κ2) is 6.83. The molecular formula is C11H22N2O3. The van der Waals surface area contributed by atoms with Crippen LogP contribution in [0.25, 0.3) is 0 Å². The molecule has 1 fully saturated rings. The normalized spacial score (nSPS) is 26.7. The Balaban J connectivity index is 2.34. The first-order valence-electron chi connectivity index (χ1n) is 5.95. The molecule has 5 heteroatoms. The van der Waals surface area contributed by atoms with Gasteiger partial charge in [0.2, 0.25) is 5.91 Å². The minimum absolute atomic E-state index is 0.0315. The summed E-state index contributed by atoms with van der Waals surface area (Å²) in [4.78, 5) is 11.8.